The number of piperidine rings is 1. The van der Waals surface area contributed by atoms with Gasteiger partial charge in [0, 0.05) is 23.5 Å². The van der Waals surface area contributed by atoms with Gasteiger partial charge in [0.2, 0.25) is 0 Å². The average molecular weight is 449 g/mol. The van der Waals surface area contributed by atoms with Crippen molar-refractivity contribution in [2.24, 2.45) is 0 Å². The monoisotopic (exact) mass is 448 g/mol. The number of fused-ring (bicyclic) bond motifs is 1. The first-order chi connectivity index (χ1) is 15.7. The summed E-state index contributed by atoms with van der Waals surface area (Å²) in [6, 6.07) is 16.0. The van der Waals surface area contributed by atoms with Crippen molar-refractivity contribution in [2.45, 2.75) is 44.0 Å². The van der Waals surface area contributed by atoms with E-state index in [2.05, 4.69) is 22.3 Å². The summed E-state index contributed by atoms with van der Waals surface area (Å²) in [4.78, 5) is 19.3. The van der Waals surface area contributed by atoms with Gasteiger partial charge in [-0.3, -0.25) is 10.2 Å². The molecule has 168 valence electrons. The molecule has 2 N–H and O–H groups in total. The van der Waals surface area contributed by atoms with E-state index >= 15 is 0 Å². The summed E-state index contributed by atoms with van der Waals surface area (Å²) in [6.07, 6.45) is 6.89. The number of anilines is 1. The lowest BCUT2D eigenvalue weighted by atomic mass is 10.1. The van der Waals surface area contributed by atoms with Crippen LogP contribution in [0.1, 0.15) is 48.5 Å². The van der Waals surface area contributed by atoms with Crippen LogP contribution in [0, 0.1) is 5.41 Å². The van der Waals surface area contributed by atoms with Crippen molar-refractivity contribution in [3.8, 4) is 0 Å². The van der Waals surface area contributed by atoms with Crippen LogP contribution in [0.5, 0.6) is 0 Å². The van der Waals surface area contributed by atoms with Gasteiger partial charge >= 0.3 is 0 Å². The lowest BCUT2D eigenvalue weighted by Gasteiger charge is -2.33. The molecule has 0 radical (unpaired) electrons. The highest BCUT2D eigenvalue weighted by Gasteiger charge is 2.27. The number of nitrogens with one attached hydrogen (secondary N) is 2. The molecule has 2 aromatic rings. The van der Waals surface area contributed by atoms with Gasteiger partial charge < -0.3 is 15.1 Å². The molecule has 2 heterocycles. The van der Waals surface area contributed by atoms with E-state index in [9.17, 15) is 4.79 Å². The summed E-state index contributed by atoms with van der Waals surface area (Å²) in [5, 5.41) is 11.8. The second-order valence-corrected chi connectivity index (χ2v) is 9.45. The highest BCUT2D eigenvalue weighted by atomic mass is 32.2. The van der Waals surface area contributed by atoms with Crippen LogP contribution >= 0.6 is 11.8 Å². The minimum absolute atomic E-state index is 0.0422. The molecule has 32 heavy (non-hydrogen) atoms. The fraction of sp³-hybridized carbons (Fsp3) is 0.385. The zero-order valence-corrected chi connectivity index (χ0v) is 19.6. The Morgan fingerprint density at radius 3 is 2.66 bits per heavy atom. The summed E-state index contributed by atoms with van der Waals surface area (Å²) >= 11 is 1.59. The van der Waals surface area contributed by atoms with Crippen LogP contribution in [-0.2, 0) is 6.54 Å². The normalized spacial score (nSPS) is 18.0. The quantitative estimate of drug-likeness (QED) is 0.566. The molecule has 0 atom stereocenters. The smallest absolute Gasteiger partial charge is 0.251 e. The van der Waals surface area contributed by atoms with Crippen molar-refractivity contribution in [1.82, 2.24) is 10.2 Å². The number of thioether (sulfide) groups is 1. The molecule has 1 saturated heterocycles. The third kappa shape index (κ3) is 5.43. The van der Waals surface area contributed by atoms with Crippen molar-refractivity contribution in [1.29, 1.82) is 5.41 Å². The Hall–Kier alpha value is -2.57. The Morgan fingerprint density at radius 1 is 1.12 bits per heavy atom. The van der Waals surface area contributed by atoms with Crippen LogP contribution < -0.4 is 10.2 Å². The first kappa shape index (κ1) is 22.6. The molecule has 5 nitrogen and oxygen atoms in total. The highest BCUT2D eigenvalue weighted by Crippen LogP contribution is 2.42. The van der Waals surface area contributed by atoms with Crippen molar-refractivity contribution in [3.63, 3.8) is 0 Å². The molecule has 0 saturated carbocycles. The highest BCUT2D eigenvalue weighted by molar-refractivity contribution is 8.04. The third-order valence-electron chi connectivity index (χ3n) is 6.07. The molecule has 0 aromatic heterocycles. The van der Waals surface area contributed by atoms with Crippen LogP contribution in [0.3, 0.4) is 0 Å². The molecule has 1 amide bonds. The molecule has 2 aromatic carbocycles. The Bertz CT molecular complexity index is 983. The minimum atomic E-state index is -0.0422. The van der Waals surface area contributed by atoms with Gasteiger partial charge in [0.05, 0.1) is 10.6 Å². The van der Waals surface area contributed by atoms with Crippen molar-refractivity contribution in [2.75, 3.05) is 31.1 Å². The van der Waals surface area contributed by atoms with E-state index < -0.39 is 0 Å². The van der Waals surface area contributed by atoms with Crippen LogP contribution in [0.2, 0.25) is 0 Å². The fourth-order valence-electron chi connectivity index (χ4n) is 4.29. The maximum Gasteiger partial charge on any atom is 0.251 e. The van der Waals surface area contributed by atoms with Gasteiger partial charge in [-0.25, -0.2) is 0 Å². The maximum absolute atomic E-state index is 12.8. The number of likely N-dealkylation sites (tertiary alicyclic amines) is 1. The molecular formula is C26H32N4OS. The number of hydrogen-bond acceptors (Lipinski definition) is 4. The lowest BCUT2D eigenvalue weighted by molar-refractivity contribution is 0.0951. The number of hydrogen-bond donors (Lipinski definition) is 2. The van der Waals surface area contributed by atoms with Crippen molar-refractivity contribution >= 4 is 29.2 Å². The third-order valence-corrected chi connectivity index (χ3v) is 7.28. The fourth-order valence-corrected chi connectivity index (χ4v) is 5.26. The largest absolute Gasteiger partial charge is 0.352 e. The second kappa shape index (κ2) is 10.8. The van der Waals surface area contributed by atoms with Crippen LogP contribution in [0.4, 0.5) is 5.69 Å². The first-order valence-corrected chi connectivity index (χ1v) is 12.4. The predicted octanol–water partition coefficient (Wildman–Crippen LogP) is 5.29. The molecule has 0 bridgehead atoms. The molecule has 1 fully saturated rings. The molecule has 0 unspecified atom stereocenters. The number of amidine groups is 1. The van der Waals surface area contributed by atoms with Crippen LogP contribution in [-0.4, -0.2) is 42.8 Å². The van der Waals surface area contributed by atoms with Gasteiger partial charge in [-0.1, -0.05) is 54.6 Å². The topological polar surface area (TPSA) is 59.4 Å². The van der Waals surface area contributed by atoms with E-state index in [1.165, 1.54) is 32.4 Å². The molecular weight excluding hydrogens is 416 g/mol. The summed E-state index contributed by atoms with van der Waals surface area (Å²) in [5.74, 6) is 0.437. The Balaban J connectivity index is 1.45. The lowest BCUT2D eigenvalue weighted by Crippen LogP contribution is -2.34. The van der Waals surface area contributed by atoms with Crippen LogP contribution in [0.25, 0.3) is 0 Å². The van der Waals surface area contributed by atoms with E-state index in [0.717, 1.165) is 34.0 Å². The Morgan fingerprint density at radius 2 is 1.91 bits per heavy atom. The Labute approximate surface area is 195 Å². The molecule has 4 rings (SSSR count). The van der Waals surface area contributed by atoms with Gasteiger partial charge in [0.25, 0.3) is 5.91 Å². The van der Waals surface area contributed by atoms with Crippen LogP contribution in [0.15, 0.2) is 64.4 Å². The van der Waals surface area contributed by atoms with Gasteiger partial charge in [-0.05, 0) is 69.6 Å². The molecule has 2 aliphatic heterocycles. The summed E-state index contributed by atoms with van der Waals surface area (Å²) < 4.78 is 0. The zero-order chi connectivity index (χ0) is 22.3. The van der Waals surface area contributed by atoms with Gasteiger partial charge in [-0.15, -0.1) is 0 Å². The predicted molar refractivity (Wildman–Crippen MR) is 134 cm³/mol. The van der Waals surface area contributed by atoms with Gasteiger partial charge in [0.1, 0.15) is 5.84 Å². The van der Waals surface area contributed by atoms with E-state index in [1.54, 1.807) is 11.8 Å². The standard InChI is InChI=1S/C26H32N4OS/c1-2-23-25(27)30(19-20-10-5-3-6-11-20)22-18-21(12-13-24(22)32-23)26(31)28-14-9-17-29-15-7-4-8-16-29/h2-3,5-6,10-13,18,27H,4,7-9,14-17,19H2,1H3,(H,28,31)/b23-2-,27-25?. The van der Waals surface area contributed by atoms with Gasteiger partial charge in [0.15, 0.2) is 0 Å². The summed E-state index contributed by atoms with van der Waals surface area (Å²) in [5.41, 5.74) is 2.71. The van der Waals surface area contributed by atoms with Crippen molar-refractivity contribution in [3.05, 3.63) is 70.6 Å². The number of carbonyl (C=O) groups is 1. The van der Waals surface area contributed by atoms with Gasteiger partial charge in [-0.2, -0.15) is 0 Å². The first-order valence-electron chi connectivity index (χ1n) is 11.5. The summed E-state index contributed by atoms with van der Waals surface area (Å²) in [7, 11) is 0. The van der Waals surface area contributed by atoms with E-state index in [4.69, 9.17) is 5.41 Å². The molecule has 0 spiro atoms. The maximum atomic E-state index is 12.8. The molecule has 0 aliphatic carbocycles. The van der Waals surface area contributed by atoms with E-state index in [-0.39, 0.29) is 5.91 Å². The number of carbonyl (C=O) groups excluding carboxylic acids is 1. The minimum Gasteiger partial charge on any atom is -0.352 e. The number of benzene rings is 2. The Kier molecular flexibility index (Phi) is 7.66. The zero-order valence-electron chi connectivity index (χ0n) is 18.8. The summed E-state index contributed by atoms with van der Waals surface area (Å²) in [6.45, 7) is 6.68. The molecule has 6 heteroatoms. The number of amides is 1. The number of nitrogens with zero attached hydrogens (tertiary/aromatic N) is 2. The van der Waals surface area contributed by atoms with Crippen molar-refractivity contribution < 1.29 is 4.79 Å². The second-order valence-electron chi connectivity index (χ2n) is 8.37. The number of allylic oxidation sites excluding steroid dienone is 1. The average Bonchev–Trinajstić information content (AvgIpc) is 2.84. The molecule has 2 aliphatic rings. The van der Waals surface area contributed by atoms with E-state index in [1.807, 2.05) is 54.3 Å². The van der Waals surface area contributed by atoms with E-state index in [0.29, 0.717) is 24.5 Å². The number of rotatable bonds is 7. The SMILES string of the molecule is C/C=C1\Sc2ccc(C(=O)NCCCN3CCCCC3)cc2N(Cc2ccccc2)C1=N.